The number of alkyl halides is 3. The smallest absolute Gasteiger partial charge is 0.396 e. The number of nitriles is 1. The Labute approximate surface area is 71.1 Å². The Morgan fingerprint density at radius 2 is 2.00 bits per heavy atom. The van der Waals surface area contributed by atoms with Gasteiger partial charge in [-0.05, 0) is 0 Å². The van der Waals surface area contributed by atoms with Crippen LogP contribution in [0.5, 0.6) is 0 Å². The van der Waals surface area contributed by atoms with Crippen LogP contribution in [-0.4, -0.2) is 17.2 Å². The third-order valence-electron chi connectivity index (χ3n) is 1.01. The molecule has 0 aromatic rings. The molecule has 0 unspecified atom stereocenters. The summed E-state index contributed by atoms with van der Waals surface area (Å²) < 4.78 is 34.8. The first kappa shape index (κ1) is 11.3. The predicted octanol–water partition coefficient (Wildman–Crippen LogP) is 0.760. The van der Waals surface area contributed by atoms with Crippen molar-refractivity contribution in [2.45, 2.75) is 12.6 Å². The van der Waals surface area contributed by atoms with Crippen LogP contribution in [0, 0.1) is 11.3 Å². The molecule has 3 N–H and O–H groups in total. The van der Waals surface area contributed by atoms with E-state index in [-0.39, 0.29) is 0 Å². The Morgan fingerprint density at radius 1 is 1.54 bits per heavy atom. The van der Waals surface area contributed by atoms with Crippen LogP contribution < -0.4 is 5.73 Å². The Morgan fingerprint density at radius 3 is 2.23 bits per heavy atom. The number of hydrogen-bond donors (Lipinski definition) is 2. The molecule has 72 valence electrons. The summed E-state index contributed by atoms with van der Waals surface area (Å²) in [6, 6.07) is 1.08. The molecular weight excluding hydrogens is 189 g/mol. The highest BCUT2D eigenvalue weighted by Crippen LogP contribution is 2.24. The monoisotopic (exact) mass is 194 g/mol. The van der Waals surface area contributed by atoms with Crippen LogP contribution >= 0.6 is 0 Å². The molecule has 0 radical (unpaired) electrons. The van der Waals surface area contributed by atoms with E-state index < -0.39 is 29.8 Å². The lowest BCUT2D eigenvalue weighted by Crippen LogP contribution is -2.17. The van der Waals surface area contributed by atoms with Gasteiger partial charge in [0.05, 0.1) is 0 Å². The second kappa shape index (κ2) is 3.80. The molecule has 0 saturated carbocycles. The molecule has 0 aliphatic carbocycles. The van der Waals surface area contributed by atoms with Gasteiger partial charge in [-0.25, -0.2) is 0 Å². The molecule has 0 atom stereocenters. The molecule has 0 saturated heterocycles. The maximum absolute atomic E-state index is 11.6. The Balaban J connectivity index is 4.82. The van der Waals surface area contributed by atoms with Crippen LogP contribution in [0.25, 0.3) is 0 Å². The van der Waals surface area contributed by atoms with E-state index >= 15 is 0 Å². The second-order valence-corrected chi connectivity index (χ2v) is 2.09. The van der Waals surface area contributed by atoms with Crippen molar-refractivity contribution in [1.82, 2.24) is 0 Å². The fourth-order valence-electron chi connectivity index (χ4n) is 0.540. The lowest BCUT2D eigenvalue weighted by Gasteiger charge is -2.05. The molecule has 4 nitrogen and oxygen atoms in total. The zero-order valence-corrected chi connectivity index (χ0v) is 6.22. The molecule has 0 spiro atoms. The highest BCUT2D eigenvalue weighted by atomic mass is 19.4. The third kappa shape index (κ3) is 4.00. The van der Waals surface area contributed by atoms with E-state index in [4.69, 9.17) is 10.4 Å². The van der Waals surface area contributed by atoms with Gasteiger partial charge in [0, 0.05) is 0 Å². The fraction of sp³-hybridized carbons (Fsp3) is 0.333. The van der Waals surface area contributed by atoms with Crippen LogP contribution in [-0.2, 0) is 4.79 Å². The highest BCUT2D eigenvalue weighted by Gasteiger charge is 2.31. The summed E-state index contributed by atoms with van der Waals surface area (Å²) in [5, 5.41) is 16.8. The number of carbonyl (C=O) groups is 1. The molecule has 0 aliphatic rings. The minimum atomic E-state index is -4.68. The van der Waals surface area contributed by atoms with Gasteiger partial charge in [0.2, 0.25) is 0 Å². The number of hydrogen-bond acceptors (Lipinski definition) is 3. The van der Waals surface area contributed by atoms with Crippen LogP contribution in [0.4, 0.5) is 13.2 Å². The van der Waals surface area contributed by atoms with Crippen molar-refractivity contribution in [3.05, 3.63) is 11.3 Å². The van der Waals surface area contributed by atoms with Gasteiger partial charge in [-0.1, -0.05) is 0 Å². The van der Waals surface area contributed by atoms with E-state index in [1.54, 1.807) is 0 Å². The van der Waals surface area contributed by atoms with Gasteiger partial charge in [0.15, 0.2) is 5.57 Å². The molecule has 0 aromatic heterocycles. The summed E-state index contributed by atoms with van der Waals surface area (Å²) >= 11 is 0. The fourth-order valence-corrected chi connectivity index (χ4v) is 0.540. The summed E-state index contributed by atoms with van der Waals surface area (Å²) in [5.41, 5.74) is 3.45. The van der Waals surface area contributed by atoms with Crippen LogP contribution in [0.3, 0.4) is 0 Å². The number of allylic oxidation sites excluding steroid dienone is 1. The van der Waals surface area contributed by atoms with Gasteiger partial charge in [-0.3, -0.25) is 4.79 Å². The number of carbonyl (C=O) groups excluding carboxylic acids is 1. The molecule has 0 fully saturated rings. The van der Waals surface area contributed by atoms with Gasteiger partial charge < -0.3 is 10.8 Å². The largest absolute Gasteiger partial charge is 0.510 e. The third-order valence-corrected chi connectivity index (χ3v) is 1.01. The molecule has 1 amide bonds. The summed E-state index contributed by atoms with van der Waals surface area (Å²) in [4.78, 5) is 10.3. The lowest BCUT2D eigenvalue weighted by atomic mass is 10.2. The van der Waals surface area contributed by atoms with Crippen molar-refractivity contribution >= 4 is 5.91 Å². The zero-order valence-electron chi connectivity index (χ0n) is 6.22. The van der Waals surface area contributed by atoms with Gasteiger partial charge in [0.25, 0.3) is 5.91 Å². The first-order valence-electron chi connectivity index (χ1n) is 2.96. The zero-order chi connectivity index (χ0) is 10.6. The van der Waals surface area contributed by atoms with Gasteiger partial charge >= 0.3 is 6.18 Å². The first-order valence-corrected chi connectivity index (χ1v) is 2.96. The maximum Gasteiger partial charge on any atom is 0.396 e. The molecule has 0 aromatic carbocycles. The van der Waals surface area contributed by atoms with Gasteiger partial charge in [-0.15, -0.1) is 0 Å². The number of amides is 1. The average molecular weight is 194 g/mol. The molecule has 0 aliphatic heterocycles. The number of halogens is 3. The minimum absolute atomic E-state index is 1.07. The molecule has 7 heteroatoms. The molecule has 13 heavy (non-hydrogen) atoms. The van der Waals surface area contributed by atoms with Crippen LogP contribution in [0.1, 0.15) is 6.42 Å². The summed E-state index contributed by atoms with van der Waals surface area (Å²) in [7, 11) is 0. The van der Waals surface area contributed by atoms with E-state index in [1.807, 2.05) is 0 Å². The Bertz CT molecular complexity index is 287. The van der Waals surface area contributed by atoms with E-state index in [2.05, 4.69) is 5.73 Å². The van der Waals surface area contributed by atoms with Crippen LogP contribution in [0.15, 0.2) is 11.3 Å². The summed E-state index contributed by atoms with van der Waals surface area (Å²) in [6.07, 6.45) is -6.42. The van der Waals surface area contributed by atoms with E-state index in [0.717, 1.165) is 6.07 Å². The quantitative estimate of drug-likeness (QED) is 0.386. The standard InChI is InChI=1S/C6H5F3N2O2/c7-6(8,9)1-4(12)3(2-10)5(11)13/h12H,1H2,(H2,11,13)/b4-3-. The van der Waals surface area contributed by atoms with Crippen molar-refractivity contribution < 1.29 is 23.1 Å². The minimum Gasteiger partial charge on any atom is -0.510 e. The molecule has 0 bridgehead atoms. The number of aliphatic hydroxyl groups excluding tert-OH is 1. The predicted molar refractivity (Wildman–Crippen MR) is 35.1 cm³/mol. The topological polar surface area (TPSA) is 87.1 Å². The highest BCUT2D eigenvalue weighted by molar-refractivity contribution is 5.96. The van der Waals surface area contributed by atoms with Gasteiger partial charge in [0.1, 0.15) is 18.2 Å². The number of nitrogens with two attached hydrogens (primary N) is 1. The summed E-state index contributed by atoms with van der Waals surface area (Å²) in [6.45, 7) is 0. The van der Waals surface area contributed by atoms with Crippen molar-refractivity contribution in [1.29, 1.82) is 5.26 Å². The van der Waals surface area contributed by atoms with Crippen molar-refractivity contribution in [2.24, 2.45) is 5.73 Å². The SMILES string of the molecule is N#C/C(C(N)=O)=C(/O)CC(F)(F)F. The molecular formula is C6H5F3N2O2. The number of nitrogens with zero attached hydrogens (tertiary/aromatic N) is 1. The van der Waals surface area contributed by atoms with Crippen molar-refractivity contribution in [3.63, 3.8) is 0 Å². The van der Waals surface area contributed by atoms with Crippen molar-refractivity contribution in [2.75, 3.05) is 0 Å². The van der Waals surface area contributed by atoms with Crippen molar-refractivity contribution in [3.8, 4) is 6.07 Å². The van der Waals surface area contributed by atoms with E-state index in [0.29, 0.717) is 0 Å². The maximum atomic E-state index is 11.6. The van der Waals surface area contributed by atoms with E-state index in [9.17, 15) is 18.0 Å². The Kier molecular flexibility index (Phi) is 3.30. The summed E-state index contributed by atoms with van der Waals surface area (Å²) in [5.74, 6) is -2.74. The number of primary amides is 1. The number of rotatable bonds is 2. The first-order chi connectivity index (χ1) is 5.78. The van der Waals surface area contributed by atoms with Crippen LogP contribution in [0.2, 0.25) is 0 Å². The second-order valence-electron chi connectivity index (χ2n) is 2.09. The Hall–Kier alpha value is -1.71. The average Bonchev–Trinajstić information content (AvgIpc) is 1.82. The molecule has 0 heterocycles. The normalized spacial score (nSPS) is 13.1. The van der Waals surface area contributed by atoms with E-state index in [1.165, 1.54) is 0 Å². The lowest BCUT2D eigenvalue weighted by molar-refractivity contribution is -0.132. The van der Waals surface area contributed by atoms with Gasteiger partial charge in [-0.2, -0.15) is 18.4 Å². The molecule has 0 rings (SSSR count). The number of aliphatic hydroxyl groups is 1.